The maximum atomic E-state index is 11.9. The standard InChI is InChI=1S/C15H12O2/c1-3-7-11(4-2)15-10-13(16)12-8-5-6-9-14(12)17-15/h3-10H,1-2H2/b11-7+. The van der Waals surface area contributed by atoms with E-state index < -0.39 is 0 Å². The van der Waals surface area contributed by atoms with E-state index in [2.05, 4.69) is 13.2 Å². The third kappa shape index (κ3) is 2.11. The van der Waals surface area contributed by atoms with Crippen molar-refractivity contribution in [3.63, 3.8) is 0 Å². The fourth-order valence-electron chi connectivity index (χ4n) is 1.62. The predicted molar refractivity (Wildman–Crippen MR) is 70.9 cm³/mol. The molecule has 1 aromatic heterocycles. The summed E-state index contributed by atoms with van der Waals surface area (Å²) < 4.78 is 5.66. The van der Waals surface area contributed by atoms with Crippen molar-refractivity contribution in [3.8, 4) is 0 Å². The Balaban J connectivity index is 2.73. The molecule has 1 aromatic carbocycles. The lowest BCUT2D eigenvalue weighted by Gasteiger charge is -2.02. The lowest BCUT2D eigenvalue weighted by atomic mass is 10.1. The zero-order valence-electron chi connectivity index (χ0n) is 9.35. The molecule has 0 atom stereocenters. The summed E-state index contributed by atoms with van der Waals surface area (Å²) in [7, 11) is 0. The highest BCUT2D eigenvalue weighted by atomic mass is 16.3. The van der Waals surface area contributed by atoms with E-state index in [4.69, 9.17) is 4.42 Å². The van der Waals surface area contributed by atoms with Crippen molar-refractivity contribution in [1.29, 1.82) is 0 Å². The van der Waals surface area contributed by atoms with Crippen LogP contribution in [0.4, 0.5) is 0 Å². The molecular formula is C15H12O2. The number of para-hydroxylation sites is 1. The smallest absolute Gasteiger partial charge is 0.193 e. The molecule has 0 fully saturated rings. The molecule has 0 amide bonds. The second-order valence-corrected chi connectivity index (χ2v) is 3.53. The number of allylic oxidation sites excluding steroid dienone is 4. The molecular weight excluding hydrogens is 212 g/mol. The highest BCUT2D eigenvalue weighted by Crippen LogP contribution is 2.18. The fraction of sp³-hybridized carbons (Fsp3) is 0. The van der Waals surface area contributed by atoms with Crippen LogP contribution in [0.25, 0.3) is 16.5 Å². The fourth-order valence-corrected chi connectivity index (χ4v) is 1.62. The molecule has 2 rings (SSSR count). The van der Waals surface area contributed by atoms with Crippen LogP contribution in [0.3, 0.4) is 0 Å². The average molecular weight is 224 g/mol. The second kappa shape index (κ2) is 4.66. The van der Waals surface area contributed by atoms with Gasteiger partial charge in [-0.3, -0.25) is 4.79 Å². The molecule has 1 heterocycles. The predicted octanol–water partition coefficient (Wildman–Crippen LogP) is 3.55. The molecule has 84 valence electrons. The summed E-state index contributed by atoms with van der Waals surface area (Å²) in [4.78, 5) is 11.9. The van der Waals surface area contributed by atoms with Gasteiger partial charge in [0.25, 0.3) is 0 Å². The van der Waals surface area contributed by atoms with E-state index in [0.29, 0.717) is 16.7 Å². The third-order valence-electron chi connectivity index (χ3n) is 2.44. The maximum Gasteiger partial charge on any atom is 0.193 e. The summed E-state index contributed by atoms with van der Waals surface area (Å²) >= 11 is 0. The van der Waals surface area contributed by atoms with Crippen LogP contribution in [0, 0.1) is 0 Å². The van der Waals surface area contributed by atoms with Crippen molar-refractivity contribution < 1.29 is 4.42 Å². The molecule has 2 nitrogen and oxygen atoms in total. The molecule has 0 bridgehead atoms. The molecule has 0 aliphatic carbocycles. The second-order valence-electron chi connectivity index (χ2n) is 3.53. The summed E-state index contributed by atoms with van der Waals surface area (Å²) in [6, 6.07) is 8.64. The van der Waals surface area contributed by atoms with E-state index in [1.54, 1.807) is 30.4 Å². The molecule has 0 saturated carbocycles. The number of benzene rings is 1. The van der Waals surface area contributed by atoms with Crippen molar-refractivity contribution >= 4 is 16.5 Å². The highest BCUT2D eigenvalue weighted by Gasteiger charge is 2.05. The summed E-state index contributed by atoms with van der Waals surface area (Å²) in [6.45, 7) is 7.30. The minimum absolute atomic E-state index is 0.0568. The van der Waals surface area contributed by atoms with Gasteiger partial charge in [0.1, 0.15) is 11.3 Å². The van der Waals surface area contributed by atoms with Gasteiger partial charge in [-0.05, 0) is 12.1 Å². The lowest BCUT2D eigenvalue weighted by molar-refractivity contribution is 0.587. The van der Waals surface area contributed by atoms with Gasteiger partial charge in [-0.25, -0.2) is 0 Å². The maximum absolute atomic E-state index is 11.9. The molecule has 0 radical (unpaired) electrons. The Bertz CT molecular complexity index is 660. The normalized spacial score (nSPS) is 11.4. The average Bonchev–Trinajstić information content (AvgIpc) is 2.36. The van der Waals surface area contributed by atoms with Gasteiger partial charge < -0.3 is 4.42 Å². The molecule has 2 aromatic rings. The lowest BCUT2D eigenvalue weighted by Crippen LogP contribution is -2.01. The molecule has 0 saturated heterocycles. The monoisotopic (exact) mass is 224 g/mol. The van der Waals surface area contributed by atoms with E-state index in [1.807, 2.05) is 12.1 Å². The van der Waals surface area contributed by atoms with Crippen molar-refractivity contribution in [2.24, 2.45) is 0 Å². The Morgan fingerprint density at radius 2 is 2.00 bits per heavy atom. The van der Waals surface area contributed by atoms with Crippen LogP contribution in [0.5, 0.6) is 0 Å². The van der Waals surface area contributed by atoms with Crippen LogP contribution in [0.15, 0.2) is 70.9 Å². The van der Waals surface area contributed by atoms with Gasteiger partial charge in [-0.2, -0.15) is 0 Å². The first-order valence-corrected chi connectivity index (χ1v) is 5.24. The van der Waals surface area contributed by atoms with E-state index in [9.17, 15) is 4.79 Å². The van der Waals surface area contributed by atoms with Crippen LogP contribution in [-0.2, 0) is 0 Å². The largest absolute Gasteiger partial charge is 0.456 e. The van der Waals surface area contributed by atoms with Gasteiger partial charge >= 0.3 is 0 Å². The number of hydrogen-bond donors (Lipinski definition) is 0. The van der Waals surface area contributed by atoms with Crippen molar-refractivity contribution in [2.75, 3.05) is 0 Å². The Morgan fingerprint density at radius 3 is 2.71 bits per heavy atom. The van der Waals surface area contributed by atoms with Gasteiger partial charge in [0.05, 0.1) is 5.39 Å². The van der Waals surface area contributed by atoms with Crippen molar-refractivity contribution in [2.45, 2.75) is 0 Å². The first-order chi connectivity index (χ1) is 8.26. The first kappa shape index (κ1) is 11.1. The van der Waals surface area contributed by atoms with Gasteiger partial charge in [0.2, 0.25) is 0 Å². The number of fused-ring (bicyclic) bond motifs is 1. The molecule has 0 N–H and O–H groups in total. The summed E-state index contributed by atoms with van der Waals surface area (Å²) in [5.74, 6) is 0.503. The van der Waals surface area contributed by atoms with Gasteiger partial charge in [-0.1, -0.05) is 43.5 Å². The molecule has 0 unspecified atom stereocenters. The van der Waals surface area contributed by atoms with Crippen molar-refractivity contribution in [3.05, 3.63) is 77.7 Å². The molecule has 17 heavy (non-hydrogen) atoms. The Morgan fingerprint density at radius 1 is 1.24 bits per heavy atom. The van der Waals surface area contributed by atoms with E-state index in [0.717, 1.165) is 5.57 Å². The summed E-state index contributed by atoms with van der Waals surface area (Å²) in [6.07, 6.45) is 5.01. The zero-order chi connectivity index (χ0) is 12.3. The summed E-state index contributed by atoms with van der Waals surface area (Å²) in [5.41, 5.74) is 1.26. The number of hydrogen-bond acceptors (Lipinski definition) is 2. The Labute approximate surface area is 99.2 Å². The van der Waals surface area contributed by atoms with Crippen LogP contribution < -0.4 is 5.43 Å². The van der Waals surface area contributed by atoms with E-state index in [-0.39, 0.29) is 5.43 Å². The molecule has 0 aliphatic heterocycles. The summed E-state index contributed by atoms with van der Waals surface area (Å²) in [5, 5.41) is 0.582. The van der Waals surface area contributed by atoms with Crippen LogP contribution in [0.2, 0.25) is 0 Å². The van der Waals surface area contributed by atoms with Gasteiger partial charge in [0.15, 0.2) is 5.43 Å². The van der Waals surface area contributed by atoms with Crippen molar-refractivity contribution in [1.82, 2.24) is 0 Å². The van der Waals surface area contributed by atoms with Gasteiger partial charge in [-0.15, -0.1) is 0 Å². The topological polar surface area (TPSA) is 30.2 Å². The van der Waals surface area contributed by atoms with Crippen LogP contribution >= 0.6 is 0 Å². The Kier molecular flexibility index (Phi) is 3.06. The Hall–Kier alpha value is -2.35. The van der Waals surface area contributed by atoms with Gasteiger partial charge in [0, 0.05) is 11.6 Å². The molecule has 0 aliphatic rings. The highest BCUT2D eigenvalue weighted by molar-refractivity contribution is 5.79. The van der Waals surface area contributed by atoms with Crippen LogP contribution in [0.1, 0.15) is 5.76 Å². The SMILES string of the molecule is C=C/C=C(\C=C)c1cc(=O)c2ccccc2o1. The minimum atomic E-state index is -0.0568. The zero-order valence-corrected chi connectivity index (χ0v) is 9.35. The number of rotatable bonds is 3. The molecule has 0 spiro atoms. The quantitative estimate of drug-likeness (QED) is 0.746. The molecule has 2 heteroatoms. The van der Waals surface area contributed by atoms with E-state index >= 15 is 0 Å². The minimum Gasteiger partial charge on any atom is -0.456 e. The van der Waals surface area contributed by atoms with Crippen LogP contribution in [-0.4, -0.2) is 0 Å². The van der Waals surface area contributed by atoms with E-state index in [1.165, 1.54) is 6.07 Å². The third-order valence-corrected chi connectivity index (χ3v) is 2.44. The first-order valence-electron chi connectivity index (χ1n) is 5.24.